The van der Waals surface area contributed by atoms with Crippen molar-refractivity contribution in [2.45, 2.75) is 13.3 Å². The summed E-state index contributed by atoms with van der Waals surface area (Å²) < 4.78 is 0. The summed E-state index contributed by atoms with van der Waals surface area (Å²) in [5, 5.41) is 0. The Balaban J connectivity index is 3.70. The molecule has 0 aliphatic heterocycles. The van der Waals surface area contributed by atoms with E-state index in [2.05, 4.69) is 18.7 Å². The van der Waals surface area contributed by atoms with Crippen molar-refractivity contribution in [2.75, 3.05) is 0 Å². The molecule has 0 aliphatic carbocycles. The molecule has 0 N–H and O–H groups in total. The molecule has 0 heteroatoms. The fraction of sp³-hybridized carbons (Fsp3) is 0.111. The van der Waals surface area contributed by atoms with Crippen LogP contribution in [0.2, 0.25) is 0 Å². The first-order valence-corrected chi connectivity index (χ1v) is 6.14. The molecule has 0 saturated heterocycles. The highest BCUT2D eigenvalue weighted by molar-refractivity contribution is 5.17. The fourth-order valence-electron chi connectivity index (χ4n) is 1.03. The van der Waals surface area contributed by atoms with Crippen molar-refractivity contribution < 1.29 is 0 Å². The minimum absolute atomic E-state index is 0.943. The molecule has 18 heavy (non-hydrogen) atoms. The van der Waals surface area contributed by atoms with E-state index in [9.17, 15) is 0 Å². The normalized spacial score (nSPS) is 13.8. The van der Waals surface area contributed by atoms with E-state index in [-0.39, 0.29) is 0 Å². The lowest BCUT2D eigenvalue weighted by Gasteiger charge is -1.79. The average molecular weight is 238 g/mol. The van der Waals surface area contributed by atoms with E-state index >= 15 is 0 Å². The molecule has 0 spiro atoms. The van der Waals surface area contributed by atoms with Crippen LogP contribution in [0, 0.1) is 0 Å². The number of hydrogen-bond acceptors (Lipinski definition) is 0. The van der Waals surface area contributed by atoms with Crippen LogP contribution in [0.3, 0.4) is 0 Å². The molecule has 0 fully saturated rings. The molecular formula is C18H22. The highest BCUT2D eigenvalue weighted by Gasteiger charge is 1.68. The molecule has 0 heterocycles. The van der Waals surface area contributed by atoms with Gasteiger partial charge in [-0.1, -0.05) is 97.7 Å². The zero-order valence-corrected chi connectivity index (χ0v) is 11.1. The van der Waals surface area contributed by atoms with Gasteiger partial charge in [0.2, 0.25) is 0 Å². The SMILES string of the molecule is C=C/C=C/C=C/C=C/CC=CC=CC=CC=CC. The maximum absolute atomic E-state index is 3.60. The van der Waals surface area contributed by atoms with Crippen molar-refractivity contribution >= 4 is 0 Å². The molecular weight excluding hydrogens is 216 g/mol. The lowest BCUT2D eigenvalue weighted by molar-refractivity contribution is 1.39. The maximum Gasteiger partial charge on any atom is -0.0163 e. The predicted octanol–water partition coefficient (Wildman–Crippen LogP) is 5.48. The Morgan fingerprint density at radius 2 is 1.06 bits per heavy atom. The molecule has 0 aromatic carbocycles. The van der Waals surface area contributed by atoms with Crippen LogP contribution in [-0.4, -0.2) is 0 Å². The maximum atomic E-state index is 3.60. The molecule has 0 aromatic heterocycles. The van der Waals surface area contributed by atoms with Crippen molar-refractivity contribution in [3.63, 3.8) is 0 Å². The molecule has 0 atom stereocenters. The van der Waals surface area contributed by atoms with Crippen LogP contribution >= 0.6 is 0 Å². The van der Waals surface area contributed by atoms with Gasteiger partial charge in [-0.05, 0) is 13.3 Å². The molecule has 0 unspecified atom stereocenters. The summed E-state index contributed by atoms with van der Waals surface area (Å²) in [6.07, 6.45) is 30.9. The van der Waals surface area contributed by atoms with Crippen molar-refractivity contribution in [2.24, 2.45) is 0 Å². The van der Waals surface area contributed by atoms with E-state index in [1.165, 1.54) is 0 Å². The Morgan fingerprint density at radius 1 is 0.611 bits per heavy atom. The van der Waals surface area contributed by atoms with Gasteiger partial charge in [-0.3, -0.25) is 0 Å². The second-order valence-electron chi connectivity index (χ2n) is 3.39. The van der Waals surface area contributed by atoms with Gasteiger partial charge in [0, 0.05) is 0 Å². The molecule has 0 radical (unpaired) electrons. The summed E-state index contributed by atoms with van der Waals surface area (Å²) in [5.41, 5.74) is 0. The van der Waals surface area contributed by atoms with Crippen molar-refractivity contribution in [3.05, 3.63) is 97.7 Å². The highest BCUT2D eigenvalue weighted by Crippen LogP contribution is 1.89. The summed E-state index contributed by atoms with van der Waals surface area (Å²) in [4.78, 5) is 0. The Labute approximate surface area is 111 Å². The largest absolute Gasteiger partial charge is 0.0991 e. The van der Waals surface area contributed by atoms with Gasteiger partial charge in [0.15, 0.2) is 0 Å². The third-order valence-electron chi connectivity index (χ3n) is 1.87. The number of rotatable bonds is 8. The number of allylic oxidation sites excluding steroid dienone is 15. The van der Waals surface area contributed by atoms with E-state index < -0.39 is 0 Å². The monoisotopic (exact) mass is 238 g/mol. The number of hydrogen-bond donors (Lipinski definition) is 0. The van der Waals surface area contributed by atoms with Gasteiger partial charge in [0.25, 0.3) is 0 Å². The average Bonchev–Trinajstić information content (AvgIpc) is 2.39. The third-order valence-corrected chi connectivity index (χ3v) is 1.87. The van der Waals surface area contributed by atoms with Crippen molar-refractivity contribution in [1.82, 2.24) is 0 Å². The van der Waals surface area contributed by atoms with E-state index in [4.69, 9.17) is 0 Å². The smallest absolute Gasteiger partial charge is 0.0163 e. The van der Waals surface area contributed by atoms with Gasteiger partial charge < -0.3 is 0 Å². The first kappa shape index (κ1) is 15.9. The molecule has 0 nitrogen and oxygen atoms in total. The predicted molar refractivity (Wildman–Crippen MR) is 84.5 cm³/mol. The summed E-state index contributed by atoms with van der Waals surface area (Å²) in [7, 11) is 0. The topological polar surface area (TPSA) is 0 Å². The molecule has 0 amide bonds. The highest BCUT2D eigenvalue weighted by atomic mass is 13.7. The third kappa shape index (κ3) is 13.9. The molecule has 0 bridgehead atoms. The van der Waals surface area contributed by atoms with E-state index in [0.717, 1.165) is 6.42 Å². The summed E-state index contributed by atoms with van der Waals surface area (Å²) in [6.45, 7) is 5.60. The minimum atomic E-state index is 0.943. The molecule has 94 valence electrons. The zero-order chi connectivity index (χ0) is 13.3. The van der Waals surface area contributed by atoms with Crippen LogP contribution in [0.15, 0.2) is 97.7 Å². The van der Waals surface area contributed by atoms with Gasteiger partial charge in [0.05, 0.1) is 0 Å². The van der Waals surface area contributed by atoms with Crippen molar-refractivity contribution in [3.8, 4) is 0 Å². The molecule has 0 aliphatic rings. The van der Waals surface area contributed by atoms with Crippen LogP contribution in [0.4, 0.5) is 0 Å². The van der Waals surface area contributed by atoms with E-state index in [1.54, 1.807) is 6.08 Å². The quantitative estimate of drug-likeness (QED) is 0.491. The van der Waals surface area contributed by atoms with Crippen LogP contribution < -0.4 is 0 Å². The molecule has 0 aromatic rings. The lowest BCUT2D eigenvalue weighted by Crippen LogP contribution is -1.57. The Hall–Kier alpha value is -2.08. The minimum Gasteiger partial charge on any atom is -0.0991 e. The van der Waals surface area contributed by atoms with Crippen LogP contribution in [0.5, 0.6) is 0 Å². The first-order chi connectivity index (χ1) is 8.91. The first-order valence-electron chi connectivity index (χ1n) is 6.14. The van der Waals surface area contributed by atoms with Gasteiger partial charge >= 0.3 is 0 Å². The Bertz CT molecular complexity index is 382. The standard InChI is InChI=1S/C18H22/c1-3-5-7-9-11-13-15-17-18-16-14-12-10-8-6-4-2/h3-16,18H,1,17H2,2H3/b6-4?,7-5+,10-8?,11-9+,14-12?,15-13+,18-16?. The van der Waals surface area contributed by atoms with E-state index in [1.807, 2.05) is 79.8 Å². The molecule has 0 saturated carbocycles. The summed E-state index contributed by atoms with van der Waals surface area (Å²) in [6, 6.07) is 0. The van der Waals surface area contributed by atoms with Gasteiger partial charge in [0.1, 0.15) is 0 Å². The Morgan fingerprint density at radius 3 is 1.56 bits per heavy atom. The second kappa shape index (κ2) is 14.9. The lowest BCUT2D eigenvalue weighted by atomic mass is 10.3. The van der Waals surface area contributed by atoms with Gasteiger partial charge in [-0.2, -0.15) is 0 Å². The Kier molecular flexibility index (Phi) is 13.2. The van der Waals surface area contributed by atoms with Crippen LogP contribution in [-0.2, 0) is 0 Å². The summed E-state index contributed by atoms with van der Waals surface area (Å²) >= 11 is 0. The van der Waals surface area contributed by atoms with Gasteiger partial charge in [-0.25, -0.2) is 0 Å². The fourth-order valence-corrected chi connectivity index (χ4v) is 1.03. The van der Waals surface area contributed by atoms with Crippen molar-refractivity contribution in [1.29, 1.82) is 0 Å². The van der Waals surface area contributed by atoms with Crippen LogP contribution in [0.25, 0.3) is 0 Å². The zero-order valence-electron chi connectivity index (χ0n) is 11.1. The second-order valence-corrected chi connectivity index (χ2v) is 3.39. The van der Waals surface area contributed by atoms with Crippen LogP contribution in [0.1, 0.15) is 13.3 Å². The van der Waals surface area contributed by atoms with Gasteiger partial charge in [-0.15, -0.1) is 0 Å². The summed E-state index contributed by atoms with van der Waals surface area (Å²) in [5.74, 6) is 0. The molecule has 0 rings (SSSR count). The van der Waals surface area contributed by atoms with E-state index in [0.29, 0.717) is 0 Å².